The van der Waals surface area contributed by atoms with Crippen LogP contribution < -0.4 is 0 Å². The van der Waals surface area contributed by atoms with Gasteiger partial charge in [-0.15, -0.1) is 0 Å². The second-order valence-corrected chi connectivity index (χ2v) is 4.80. The lowest BCUT2D eigenvalue weighted by Crippen LogP contribution is -2.11. The summed E-state index contributed by atoms with van der Waals surface area (Å²) in [5.74, 6) is 0.339. The van der Waals surface area contributed by atoms with Gasteiger partial charge in [0.2, 0.25) is 0 Å². The van der Waals surface area contributed by atoms with E-state index < -0.39 is 11.7 Å². The summed E-state index contributed by atoms with van der Waals surface area (Å²) in [4.78, 5) is 11.8. The van der Waals surface area contributed by atoms with Crippen molar-refractivity contribution in [3.8, 4) is 0 Å². The van der Waals surface area contributed by atoms with Crippen LogP contribution in [0.15, 0.2) is 24.3 Å². The molecule has 0 aliphatic heterocycles. The first-order valence-electron chi connectivity index (χ1n) is 6.54. The average Bonchev–Trinajstić information content (AvgIpc) is 2.35. The number of rotatable bonds is 6. The SMILES string of the molecule is CCC(CC)CC(=O)Cc1cccc(C(F)(F)F)c1. The van der Waals surface area contributed by atoms with Crippen molar-refractivity contribution in [2.24, 2.45) is 5.92 Å². The fraction of sp³-hybridized carbons (Fsp3) is 0.533. The number of Topliss-reactive ketones (excluding diaryl/α,β-unsaturated/α-hetero) is 1. The van der Waals surface area contributed by atoms with E-state index in [1.54, 1.807) is 6.07 Å². The van der Waals surface area contributed by atoms with Gasteiger partial charge < -0.3 is 0 Å². The molecule has 0 saturated carbocycles. The Kier molecular flexibility index (Phi) is 5.58. The number of benzene rings is 1. The van der Waals surface area contributed by atoms with Crippen LogP contribution in [0.25, 0.3) is 0 Å². The molecule has 0 saturated heterocycles. The molecule has 1 nitrogen and oxygen atoms in total. The first-order valence-corrected chi connectivity index (χ1v) is 6.54. The van der Waals surface area contributed by atoms with Crippen LogP contribution in [0.1, 0.15) is 44.2 Å². The van der Waals surface area contributed by atoms with Gasteiger partial charge in [0.05, 0.1) is 5.56 Å². The van der Waals surface area contributed by atoms with Crippen LogP contribution in [0.5, 0.6) is 0 Å². The van der Waals surface area contributed by atoms with E-state index in [0.29, 0.717) is 17.9 Å². The lowest BCUT2D eigenvalue weighted by Gasteiger charge is -2.12. The quantitative estimate of drug-likeness (QED) is 0.737. The Hall–Kier alpha value is -1.32. The van der Waals surface area contributed by atoms with Gasteiger partial charge in [-0.1, -0.05) is 44.9 Å². The fourth-order valence-electron chi connectivity index (χ4n) is 2.06. The zero-order valence-electron chi connectivity index (χ0n) is 11.3. The number of alkyl halides is 3. The van der Waals surface area contributed by atoms with Crippen LogP contribution in [0.2, 0.25) is 0 Å². The molecule has 0 amide bonds. The van der Waals surface area contributed by atoms with Crippen molar-refractivity contribution in [1.82, 2.24) is 0 Å². The molecule has 0 spiro atoms. The van der Waals surface area contributed by atoms with E-state index in [1.165, 1.54) is 6.07 Å². The van der Waals surface area contributed by atoms with E-state index in [2.05, 4.69) is 0 Å². The van der Waals surface area contributed by atoms with Gasteiger partial charge in [-0.25, -0.2) is 0 Å². The van der Waals surface area contributed by atoms with Gasteiger partial charge in [0, 0.05) is 12.8 Å². The summed E-state index contributed by atoms with van der Waals surface area (Å²) in [6.07, 6.45) is -1.98. The van der Waals surface area contributed by atoms with Crippen LogP contribution in [0, 0.1) is 5.92 Å². The fourth-order valence-corrected chi connectivity index (χ4v) is 2.06. The van der Waals surface area contributed by atoms with E-state index in [4.69, 9.17) is 0 Å². The molecule has 106 valence electrons. The maximum Gasteiger partial charge on any atom is 0.416 e. The van der Waals surface area contributed by atoms with E-state index in [9.17, 15) is 18.0 Å². The summed E-state index contributed by atoms with van der Waals surface area (Å²) in [5.41, 5.74) is -0.258. The molecular weight excluding hydrogens is 253 g/mol. The normalized spacial score (nSPS) is 11.9. The first kappa shape index (κ1) is 15.7. The van der Waals surface area contributed by atoms with Gasteiger partial charge in [-0.05, 0) is 17.5 Å². The Labute approximate surface area is 111 Å². The summed E-state index contributed by atoms with van der Waals surface area (Å²) in [6.45, 7) is 4.04. The zero-order valence-corrected chi connectivity index (χ0v) is 11.3. The molecule has 0 atom stereocenters. The molecule has 0 N–H and O–H groups in total. The molecule has 19 heavy (non-hydrogen) atoms. The largest absolute Gasteiger partial charge is 0.416 e. The summed E-state index contributed by atoms with van der Waals surface area (Å²) in [7, 11) is 0. The first-order chi connectivity index (χ1) is 8.86. The maximum atomic E-state index is 12.5. The van der Waals surface area contributed by atoms with Crippen molar-refractivity contribution in [2.75, 3.05) is 0 Å². The second kappa shape index (κ2) is 6.73. The third kappa shape index (κ3) is 5.05. The highest BCUT2D eigenvalue weighted by atomic mass is 19.4. The second-order valence-electron chi connectivity index (χ2n) is 4.80. The summed E-state index contributed by atoms with van der Waals surface area (Å²) in [5, 5.41) is 0. The zero-order chi connectivity index (χ0) is 14.5. The highest BCUT2D eigenvalue weighted by Crippen LogP contribution is 2.29. The molecule has 1 aromatic carbocycles. The van der Waals surface area contributed by atoms with Crippen LogP contribution in [0.3, 0.4) is 0 Å². The van der Waals surface area contributed by atoms with Crippen LogP contribution in [-0.2, 0) is 17.4 Å². The molecule has 0 aromatic heterocycles. The van der Waals surface area contributed by atoms with Crippen molar-refractivity contribution < 1.29 is 18.0 Å². The van der Waals surface area contributed by atoms with E-state index in [-0.39, 0.29) is 12.2 Å². The Bertz CT molecular complexity index is 420. The predicted octanol–water partition coefficient (Wildman–Crippen LogP) is 4.64. The van der Waals surface area contributed by atoms with Gasteiger partial charge in [0.15, 0.2) is 0 Å². The molecule has 4 heteroatoms. The van der Waals surface area contributed by atoms with E-state index >= 15 is 0 Å². The van der Waals surface area contributed by atoms with Gasteiger partial charge in [-0.2, -0.15) is 13.2 Å². The third-order valence-corrected chi connectivity index (χ3v) is 3.33. The smallest absolute Gasteiger partial charge is 0.299 e. The van der Waals surface area contributed by atoms with Gasteiger partial charge in [0.1, 0.15) is 5.78 Å². The molecule has 1 aromatic rings. The minimum Gasteiger partial charge on any atom is -0.299 e. The molecule has 1 rings (SSSR count). The minimum absolute atomic E-state index is 0.00743. The van der Waals surface area contributed by atoms with Crippen LogP contribution in [0.4, 0.5) is 13.2 Å². The Balaban J connectivity index is 2.70. The minimum atomic E-state index is -4.35. The molecule has 0 heterocycles. The predicted molar refractivity (Wildman–Crippen MR) is 68.8 cm³/mol. The number of hydrogen-bond acceptors (Lipinski definition) is 1. The third-order valence-electron chi connectivity index (χ3n) is 3.33. The van der Waals surface area contributed by atoms with E-state index in [1.807, 2.05) is 13.8 Å². The maximum absolute atomic E-state index is 12.5. The summed E-state index contributed by atoms with van der Waals surface area (Å²) < 4.78 is 37.6. The van der Waals surface area contributed by atoms with Crippen molar-refractivity contribution in [2.45, 2.75) is 45.7 Å². The summed E-state index contributed by atoms with van der Waals surface area (Å²) in [6, 6.07) is 5.00. The number of carbonyl (C=O) groups excluding carboxylic acids is 1. The highest BCUT2D eigenvalue weighted by molar-refractivity contribution is 5.81. The molecule has 0 fully saturated rings. The van der Waals surface area contributed by atoms with Crippen molar-refractivity contribution in [1.29, 1.82) is 0 Å². The molecule has 0 radical (unpaired) electrons. The van der Waals surface area contributed by atoms with Crippen molar-refractivity contribution in [3.05, 3.63) is 35.4 Å². The molecule has 0 aliphatic carbocycles. The molecular formula is C15H19F3O. The monoisotopic (exact) mass is 272 g/mol. The van der Waals surface area contributed by atoms with Crippen LogP contribution >= 0.6 is 0 Å². The van der Waals surface area contributed by atoms with Crippen LogP contribution in [-0.4, -0.2) is 5.78 Å². The van der Waals surface area contributed by atoms with Gasteiger partial charge in [0.25, 0.3) is 0 Å². The van der Waals surface area contributed by atoms with E-state index in [0.717, 1.165) is 25.0 Å². The van der Waals surface area contributed by atoms with Crippen molar-refractivity contribution >= 4 is 5.78 Å². The Morgan fingerprint density at radius 1 is 1.21 bits per heavy atom. The number of carbonyl (C=O) groups is 1. The molecule has 0 unspecified atom stereocenters. The van der Waals surface area contributed by atoms with Crippen molar-refractivity contribution in [3.63, 3.8) is 0 Å². The topological polar surface area (TPSA) is 17.1 Å². The lowest BCUT2D eigenvalue weighted by molar-refractivity contribution is -0.137. The lowest BCUT2D eigenvalue weighted by atomic mass is 9.94. The molecule has 0 bridgehead atoms. The Morgan fingerprint density at radius 3 is 2.37 bits per heavy atom. The molecule has 0 aliphatic rings. The standard InChI is InChI=1S/C15H19F3O/c1-3-11(4-2)9-14(19)10-12-6-5-7-13(8-12)15(16,17)18/h5-8,11H,3-4,9-10H2,1-2H3. The number of halogens is 3. The highest BCUT2D eigenvalue weighted by Gasteiger charge is 2.30. The average molecular weight is 272 g/mol. The summed E-state index contributed by atoms with van der Waals surface area (Å²) >= 11 is 0. The number of hydrogen-bond donors (Lipinski definition) is 0. The van der Waals surface area contributed by atoms with Gasteiger partial charge in [-0.3, -0.25) is 4.79 Å². The Morgan fingerprint density at radius 2 is 1.84 bits per heavy atom. The van der Waals surface area contributed by atoms with Gasteiger partial charge >= 0.3 is 6.18 Å². The number of ketones is 1.